The zero-order valence-corrected chi connectivity index (χ0v) is 14.1. The van der Waals surface area contributed by atoms with Crippen molar-refractivity contribution >= 4 is 34.2 Å². The molecule has 2 N–H and O–H groups in total. The average Bonchev–Trinajstić information content (AvgIpc) is 2.55. The molecular weight excluding hydrogens is 312 g/mol. The van der Waals surface area contributed by atoms with Crippen molar-refractivity contribution in [2.75, 3.05) is 7.05 Å². The number of hydrogen-bond donors (Lipinski definition) is 2. The number of fused-ring (bicyclic) bond motifs is 1. The molecule has 0 spiro atoms. The van der Waals surface area contributed by atoms with Crippen molar-refractivity contribution in [1.29, 1.82) is 0 Å². The lowest BCUT2D eigenvalue weighted by Crippen LogP contribution is -2.27. The Morgan fingerprint density at radius 1 is 1.04 bits per heavy atom. The first-order valence-corrected chi connectivity index (χ1v) is 8.08. The molecule has 0 aliphatic carbocycles. The van der Waals surface area contributed by atoms with Crippen LogP contribution in [0.2, 0.25) is 5.02 Å². The number of carbonyl (C=O) groups excluding carboxylic acids is 2. The van der Waals surface area contributed by atoms with Gasteiger partial charge >= 0.3 is 0 Å². The zero-order chi connectivity index (χ0) is 16.8. The topological polar surface area (TPSA) is 58.2 Å². The molecule has 0 aliphatic rings. The molecule has 2 rings (SSSR count). The first-order valence-electron chi connectivity index (χ1n) is 7.70. The summed E-state index contributed by atoms with van der Waals surface area (Å²) in [4.78, 5) is 23.2. The third-order valence-electron chi connectivity index (χ3n) is 3.84. The number of rotatable bonds is 6. The molecule has 0 unspecified atom stereocenters. The van der Waals surface area contributed by atoms with Gasteiger partial charge in [-0.3, -0.25) is 9.59 Å². The fourth-order valence-electron chi connectivity index (χ4n) is 2.59. The van der Waals surface area contributed by atoms with E-state index in [0.29, 0.717) is 24.3 Å². The lowest BCUT2D eigenvalue weighted by molar-refractivity contribution is -0.122. The maximum Gasteiger partial charge on any atom is 0.220 e. The van der Waals surface area contributed by atoms with Gasteiger partial charge in [0.1, 0.15) is 0 Å². The molecule has 0 heterocycles. The van der Waals surface area contributed by atoms with E-state index in [4.69, 9.17) is 11.6 Å². The van der Waals surface area contributed by atoms with E-state index in [-0.39, 0.29) is 17.9 Å². The number of nitrogens with one attached hydrogen (secondary N) is 2. The van der Waals surface area contributed by atoms with Crippen molar-refractivity contribution in [3.05, 3.63) is 47.0 Å². The fourth-order valence-corrected chi connectivity index (χ4v) is 2.82. The predicted molar refractivity (Wildman–Crippen MR) is 93.4 cm³/mol. The number of halogens is 1. The summed E-state index contributed by atoms with van der Waals surface area (Å²) < 4.78 is 0. The summed E-state index contributed by atoms with van der Waals surface area (Å²) in [5.41, 5.74) is 1.03. The van der Waals surface area contributed by atoms with E-state index in [2.05, 4.69) is 10.6 Å². The molecule has 0 aliphatic heterocycles. The SMILES string of the molecule is CNC(=O)CCCC(=O)N[C@H](C)c1ccc(Cl)c2ccccc12. The summed E-state index contributed by atoms with van der Waals surface area (Å²) in [6.07, 6.45) is 1.24. The molecule has 5 heteroatoms. The van der Waals surface area contributed by atoms with Crippen LogP contribution in [0.5, 0.6) is 0 Å². The largest absolute Gasteiger partial charge is 0.359 e. The highest BCUT2D eigenvalue weighted by molar-refractivity contribution is 6.35. The highest BCUT2D eigenvalue weighted by Gasteiger charge is 2.13. The third-order valence-corrected chi connectivity index (χ3v) is 4.16. The van der Waals surface area contributed by atoms with Crippen molar-refractivity contribution in [3.8, 4) is 0 Å². The van der Waals surface area contributed by atoms with Crippen LogP contribution in [-0.4, -0.2) is 18.9 Å². The van der Waals surface area contributed by atoms with Crippen molar-refractivity contribution in [2.45, 2.75) is 32.2 Å². The van der Waals surface area contributed by atoms with Gasteiger partial charge in [0.15, 0.2) is 0 Å². The van der Waals surface area contributed by atoms with Gasteiger partial charge in [0.2, 0.25) is 11.8 Å². The van der Waals surface area contributed by atoms with Crippen LogP contribution >= 0.6 is 11.6 Å². The van der Waals surface area contributed by atoms with Crippen molar-refractivity contribution < 1.29 is 9.59 Å². The van der Waals surface area contributed by atoms with Crippen molar-refractivity contribution in [1.82, 2.24) is 10.6 Å². The van der Waals surface area contributed by atoms with Crippen LogP contribution in [0.3, 0.4) is 0 Å². The molecule has 122 valence electrons. The number of benzene rings is 2. The molecule has 2 aromatic rings. The second kappa shape index (κ2) is 7.97. The molecule has 23 heavy (non-hydrogen) atoms. The Hall–Kier alpha value is -2.07. The van der Waals surface area contributed by atoms with Gasteiger partial charge in [0.05, 0.1) is 6.04 Å². The molecule has 1 atom stereocenters. The molecule has 0 aromatic heterocycles. The zero-order valence-electron chi connectivity index (χ0n) is 13.4. The molecule has 0 radical (unpaired) electrons. The molecule has 2 amide bonds. The van der Waals surface area contributed by atoms with E-state index in [0.717, 1.165) is 16.3 Å². The van der Waals surface area contributed by atoms with Crippen LogP contribution < -0.4 is 10.6 Å². The van der Waals surface area contributed by atoms with Gasteiger partial charge in [-0.25, -0.2) is 0 Å². The van der Waals surface area contributed by atoms with E-state index in [9.17, 15) is 9.59 Å². The lowest BCUT2D eigenvalue weighted by Gasteiger charge is -2.17. The van der Waals surface area contributed by atoms with Crippen LogP contribution in [-0.2, 0) is 9.59 Å². The standard InChI is InChI=1S/C18H21ClN2O2/c1-12(21-18(23)9-5-8-17(22)20-2)13-10-11-16(19)15-7-4-3-6-14(13)15/h3-4,6-7,10-12H,5,8-9H2,1-2H3,(H,20,22)(H,21,23)/t12-/m1/s1. The summed E-state index contributed by atoms with van der Waals surface area (Å²) >= 11 is 6.23. The van der Waals surface area contributed by atoms with Gasteiger partial charge in [-0.15, -0.1) is 0 Å². The molecule has 0 fully saturated rings. The van der Waals surface area contributed by atoms with Gasteiger partial charge in [0.25, 0.3) is 0 Å². The summed E-state index contributed by atoms with van der Waals surface area (Å²) in [6.45, 7) is 1.95. The van der Waals surface area contributed by atoms with Crippen LogP contribution in [0, 0.1) is 0 Å². The molecule has 0 bridgehead atoms. The minimum atomic E-state index is -0.121. The molecule has 0 saturated heterocycles. The number of hydrogen-bond acceptors (Lipinski definition) is 2. The van der Waals surface area contributed by atoms with Crippen LogP contribution in [0.25, 0.3) is 10.8 Å². The minimum Gasteiger partial charge on any atom is -0.359 e. The molecule has 4 nitrogen and oxygen atoms in total. The third kappa shape index (κ3) is 4.45. The van der Waals surface area contributed by atoms with Crippen LogP contribution in [0.1, 0.15) is 37.8 Å². The second-order valence-electron chi connectivity index (χ2n) is 5.50. The van der Waals surface area contributed by atoms with Gasteiger partial charge < -0.3 is 10.6 Å². The quantitative estimate of drug-likeness (QED) is 0.849. The Morgan fingerprint density at radius 3 is 2.39 bits per heavy atom. The Kier molecular flexibility index (Phi) is 5.99. The van der Waals surface area contributed by atoms with Gasteiger partial charge in [-0.2, -0.15) is 0 Å². The Morgan fingerprint density at radius 2 is 1.70 bits per heavy atom. The molecule has 0 saturated carbocycles. The van der Waals surface area contributed by atoms with E-state index in [1.54, 1.807) is 7.05 Å². The Labute approximate surface area is 141 Å². The smallest absolute Gasteiger partial charge is 0.220 e. The number of amides is 2. The maximum atomic E-state index is 12.0. The summed E-state index contributed by atoms with van der Waals surface area (Å²) in [5.74, 6) is -0.102. The van der Waals surface area contributed by atoms with Crippen LogP contribution in [0.4, 0.5) is 0 Å². The minimum absolute atomic E-state index is 0.0467. The van der Waals surface area contributed by atoms with E-state index < -0.39 is 0 Å². The van der Waals surface area contributed by atoms with Crippen molar-refractivity contribution in [2.24, 2.45) is 0 Å². The monoisotopic (exact) mass is 332 g/mol. The van der Waals surface area contributed by atoms with E-state index in [1.165, 1.54) is 0 Å². The maximum absolute atomic E-state index is 12.0. The Balaban J connectivity index is 2.04. The normalized spacial score (nSPS) is 12.0. The lowest BCUT2D eigenvalue weighted by atomic mass is 9.99. The highest BCUT2D eigenvalue weighted by Crippen LogP contribution is 2.29. The molecule has 2 aromatic carbocycles. The first kappa shape index (κ1) is 17.3. The van der Waals surface area contributed by atoms with Gasteiger partial charge in [0, 0.05) is 30.3 Å². The first-order chi connectivity index (χ1) is 11.0. The van der Waals surface area contributed by atoms with Gasteiger partial charge in [-0.05, 0) is 30.4 Å². The van der Waals surface area contributed by atoms with E-state index in [1.807, 2.05) is 43.3 Å². The number of carbonyl (C=O) groups is 2. The highest BCUT2D eigenvalue weighted by atomic mass is 35.5. The summed E-state index contributed by atoms with van der Waals surface area (Å²) in [5, 5.41) is 8.25. The molecular formula is C18H21ClN2O2. The summed E-state index contributed by atoms with van der Waals surface area (Å²) in [7, 11) is 1.59. The summed E-state index contributed by atoms with van der Waals surface area (Å²) in [6, 6.07) is 11.6. The van der Waals surface area contributed by atoms with Crippen molar-refractivity contribution in [3.63, 3.8) is 0 Å². The van der Waals surface area contributed by atoms with Gasteiger partial charge in [-0.1, -0.05) is 41.9 Å². The second-order valence-corrected chi connectivity index (χ2v) is 5.91. The Bertz CT molecular complexity index is 715. The van der Waals surface area contributed by atoms with Crippen LogP contribution in [0.15, 0.2) is 36.4 Å². The predicted octanol–water partition coefficient (Wildman–Crippen LogP) is 3.59. The fraction of sp³-hybridized carbons (Fsp3) is 0.333. The average molecular weight is 333 g/mol. The van der Waals surface area contributed by atoms with E-state index >= 15 is 0 Å².